The van der Waals surface area contributed by atoms with Crippen molar-refractivity contribution < 1.29 is 4.74 Å². The Kier molecular flexibility index (Phi) is 5.07. The van der Waals surface area contributed by atoms with E-state index in [1.807, 2.05) is 12.1 Å². The molecule has 0 spiro atoms. The quantitative estimate of drug-likeness (QED) is 0.874. The molecule has 0 radical (unpaired) electrons. The van der Waals surface area contributed by atoms with Gasteiger partial charge in [-0.3, -0.25) is 0 Å². The number of nitrogens with zero attached hydrogens (tertiary/aromatic N) is 2. The Bertz CT molecular complexity index is 569. The molecule has 0 aliphatic heterocycles. The summed E-state index contributed by atoms with van der Waals surface area (Å²) in [6, 6.07) is 10.3. The first-order valence-corrected chi connectivity index (χ1v) is 6.90. The van der Waals surface area contributed by atoms with E-state index in [0.29, 0.717) is 12.4 Å². The number of hydrogen-bond acceptors (Lipinski definition) is 4. The van der Waals surface area contributed by atoms with Crippen LogP contribution in [0.2, 0.25) is 0 Å². The molecule has 4 heteroatoms. The zero-order valence-electron chi connectivity index (χ0n) is 12.3. The number of hydrogen-bond donors (Lipinski definition) is 1. The van der Waals surface area contributed by atoms with E-state index in [2.05, 4.69) is 47.3 Å². The lowest BCUT2D eigenvalue weighted by Gasteiger charge is -2.09. The van der Waals surface area contributed by atoms with Gasteiger partial charge in [0.15, 0.2) is 5.82 Å². The monoisotopic (exact) mass is 271 g/mol. The fourth-order valence-corrected chi connectivity index (χ4v) is 1.99. The van der Waals surface area contributed by atoms with Crippen molar-refractivity contribution in [1.29, 1.82) is 0 Å². The molecule has 2 rings (SSSR count). The van der Waals surface area contributed by atoms with Gasteiger partial charge in [0.25, 0.3) is 0 Å². The molecule has 1 heterocycles. The summed E-state index contributed by atoms with van der Waals surface area (Å²) in [5.41, 5.74) is 3.25. The molecule has 0 atom stereocenters. The molecule has 0 saturated heterocycles. The molecule has 20 heavy (non-hydrogen) atoms. The zero-order chi connectivity index (χ0) is 14.4. The van der Waals surface area contributed by atoms with Gasteiger partial charge in [0, 0.05) is 25.3 Å². The maximum atomic E-state index is 5.15. The van der Waals surface area contributed by atoms with Gasteiger partial charge in [-0.15, -0.1) is 0 Å². The molecule has 0 bridgehead atoms. The van der Waals surface area contributed by atoms with Crippen LogP contribution in [0, 0.1) is 6.92 Å². The number of nitrogens with one attached hydrogen (secondary N) is 1. The molecule has 1 N–H and O–H groups in total. The van der Waals surface area contributed by atoms with Gasteiger partial charge in [0.05, 0.1) is 5.69 Å². The molecule has 0 unspecified atom stereocenters. The van der Waals surface area contributed by atoms with Crippen LogP contribution in [0.3, 0.4) is 0 Å². The number of aryl methyl sites for hydroxylation is 1. The predicted molar refractivity (Wildman–Crippen MR) is 81.7 cm³/mol. The van der Waals surface area contributed by atoms with Gasteiger partial charge in [-0.25, -0.2) is 9.97 Å². The topological polar surface area (TPSA) is 47.0 Å². The minimum atomic E-state index is 0.417. The van der Waals surface area contributed by atoms with Gasteiger partial charge < -0.3 is 10.1 Å². The first-order valence-electron chi connectivity index (χ1n) is 6.90. The van der Waals surface area contributed by atoms with Crippen LogP contribution in [0.4, 0.5) is 5.82 Å². The summed E-state index contributed by atoms with van der Waals surface area (Å²) in [7, 11) is 1.65. The Hall–Kier alpha value is -1.94. The molecule has 0 aliphatic rings. The van der Waals surface area contributed by atoms with Crippen molar-refractivity contribution in [2.24, 2.45) is 0 Å². The number of methoxy groups -OCH3 is 1. The molecule has 106 valence electrons. The fraction of sp³-hybridized carbons (Fsp3) is 0.375. The average Bonchev–Trinajstić information content (AvgIpc) is 2.45. The summed E-state index contributed by atoms with van der Waals surface area (Å²) < 4.78 is 5.15. The van der Waals surface area contributed by atoms with Crippen molar-refractivity contribution in [1.82, 2.24) is 9.97 Å². The van der Waals surface area contributed by atoms with Crippen LogP contribution < -0.4 is 5.32 Å². The van der Waals surface area contributed by atoms with E-state index < -0.39 is 0 Å². The molecule has 0 amide bonds. The molecule has 1 aromatic carbocycles. The van der Waals surface area contributed by atoms with Gasteiger partial charge in [-0.05, 0) is 19.4 Å². The highest BCUT2D eigenvalue weighted by molar-refractivity contribution is 5.63. The fourth-order valence-electron chi connectivity index (χ4n) is 1.99. The highest BCUT2D eigenvalue weighted by atomic mass is 16.5. The van der Waals surface area contributed by atoms with E-state index >= 15 is 0 Å². The van der Waals surface area contributed by atoms with Gasteiger partial charge >= 0.3 is 0 Å². The maximum absolute atomic E-state index is 5.15. The summed E-state index contributed by atoms with van der Waals surface area (Å²) in [5.74, 6) is 1.55. The number of anilines is 1. The lowest BCUT2D eigenvalue weighted by atomic mass is 10.1. The van der Waals surface area contributed by atoms with Crippen molar-refractivity contribution in [3.63, 3.8) is 0 Å². The highest BCUT2D eigenvalue weighted by Crippen LogP contribution is 2.21. The maximum Gasteiger partial charge on any atom is 0.157 e. The number of ether oxygens (including phenoxy) is 1. The minimum Gasteiger partial charge on any atom is -0.377 e. The summed E-state index contributed by atoms with van der Waals surface area (Å²) >= 11 is 0. The van der Waals surface area contributed by atoms with Crippen molar-refractivity contribution in [2.75, 3.05) is 19.0 Å². The van der Waals surface area contributed by atoms with Crippen molar-refractivity contribution in [3.8, 4) is 11.3 Å². The first kappa shape index (κ1) is 14.5. The summed E-state index contributed by atoms with van der Waals surface area (Å²) in [5, 5.41) is 3.31. The molecule has 0 saturated carbocycles. The van der Waals surface area contributed by atoms with E-state index in [0.717, 1.165) is 30.0 Å². The Labute approximate surface area is 120 Å². The molecular weight excluding hydrogens is 250 g/mol. The van der Waals surface area contributed by atoms with Crippen LogP contribution in [-0.2, 0) is 11.3 Å². The van der Waals surface area contributed by atoms with Crippen LogP contribution in [0.15, 0.2) is 30.3 Å². The molecule has 0 aliphatic carbocycles. The van der Waals surface area contributed by atoms with E-state index in [4.69, 9.17) is 4.74 Å². The smallest absolute Gasteiger partial charge is 0.157 e. The number of rotatable bonds is 6. The largest absolute Gasteiger partial charge is 0.377 e. The van der Waals surface area contributed by atoms with Gasteiger partial charge in [-0.1, -0.05) is 30.7 Å². The Balaban J connectivity index is 2.37. The SMILES string of the molecule is CCCNc1cc(-c2cccc(C)c2)nc(COC)n1. The first-order chi connectivity index (χ1) is 9.72. The van der Waals surface area contributed by atoms with Crippen LogP contribution in [0.1, 0.15) is 24.7 Å². The van der Waals surface area contributed by atoms with Crippen LogP contribution >= 0.6 is 0 Å². The van der Waals surface area contributed by atoms with Crippen LogP contribution in [0.5, 0.6) is 0 Å². The van der Waals surface area contributed by atoms with Gasteiger partial charge in [0.2, 0.25) is 0 Å². The van der Waals surface area contributed by atoms with Crippen molar-refractivity contribution in [3.05, 3.63) is 41.7 Å². The van der Waals surface area contributed by atoms with E-state index in [-0.39, 0.29) is 0 Å². The minimum absolute atomic E-state index is 0.417. The lowest BCUT2D eigenvalue weighted by Crippen LogP contribution is -2.06. The zero-order valence-corrected chi connectivity index (χ0v) is 12.3. The second-order valence-electron chi connectivity index (χ2n) is 4.78. The molecule has 2 aromatic rings. The molecule has 0 fully saturated rings. The Morgan fingerprint density at radius 1 is 1.20 bits per heavy atom. The third-order valence-electron chi connectivity index (χ3n) is 2.92. The molecular formula is C16H21N3O. The van der Waals surface area contributed by atoms with Crippen molar-refractivity contribution >= 4 is 5.82 Å². The normalized spacial score (nSPS) is 10.6. The molecule has 4 nitrogen and oxygen atoms in total. The second-order valence-corrected chi connectivity index (χ2v) is 4.78. The average molecular weight is 271 g/mol. The highest BCUT2D eigenvalue weighted by Gasteiger charge is 2.06. The summed E-state index contributed by atoms with van der Waals surface area (Å²) in [4.78, 5) is 9.03. The lowest BCUT2D eigenvalue weighted by molar-refractivity contribution is 0.178. The van der Waals surface area contributed by atoms with Gasteiger partial charge in [0.1, 0.15) is 12.4 Å². The Morgan fingerprint density at radius 2 is 2.05 bits per heavy atom. The summed E-state index contributed by atoms with van der Waals surface area (Å²) in [6.45, 7) is 5.53. The third kappa shape index (κ3) is 3.78. The van der Waals surface area contributed by atoms with Crippen molar-refractivity contribution in [2.45, 2.75) is 26.9 Å². The van der Waals surface area contributed by atoms with Crippen LogP contribution in [0.25, 0.3) is 11.3 Å². The predicted octanol–water partition coefficient (Wildman–Crippen LogP) is 3.42. The van der Waals surface area contributed by atoms with E-state index in [1.54, 1.807) is 7.11 Å². The summed E-state index contributed by atoms with van der Waals surface area (Å²) in [6.07, 6.45) is 1.06. The van der Waals surface area contributed by atoms with Gasteiger partial charge in [-0.2, -0.15) is 0 Å². The van der Waals surface area contributed by atoms with E-state index in [1.165, 1.54) is 5.56 Å². The van der Waals surface area contributed by atoms with E-state index in [9.17, 15) is 0 Å². The second kappa shape index (κ2) is 7.01. The third-order valence-corrected chi connectivity index (χ3v) is 2.92. The molecule has 1 aromatic heterocycles. The number of benzene rings is 1. The van der Waals surface area contributed by atoms with Crippen LogP contribution in [-0.4, -0.2) is 23.6 Å². The Morgan fingerprint density at radius 3 is 2.75 bits per heavy atom. The standard InChI is InChI=1S/C16H21N3O/c1-4-8-17-15-10-14(18-16(19-15)11-20-3)13-7-5-6-12(2)9-13/h5-7,9-10H,4,8,11H2,1-3H3,(H,17,18,19). The number of aromatic nitrogens is 2.